The van der Waals surface area contributed by atoms with Gasteiger partial charge in [0.1, 0.15) is 11.5 Å². The summed E-state index contributed by atoms with van der Waals surface area (Å²) in [6.07, 6.45) is 2.63. The minimum Gasteiger partial charge on any atom is -0.464 e. The van der Waals surface area contributed by atoms with E-state index in [1.807, 2.05) is 0 Å². The molecule has 0 aliphatic heterocycles. The zero-order chi connectivity index (χ0) is 8.55. The molecule has 0 bridgehead atoms. The topological polar surface area (TPSA) is 16.4 Å². The average Bonchev–Trinajstić information content (AvgIpc) is 2.73. The highest BCUT2D eigenvalue weighted by atomic mass is 16.3. The third-order valence-corrected chi connectivity index (χ3v) is 2.13. The van der Waals surface area contributed by atoms with Crippen molar-refractivity contribution in [3.05, 3.63) is 23.7 Å². The molecule has 1 aromatic rings. The van der Waals surface area contributed by atoms with Crippen molar-refractivity contribution >= 4 is 0 Å². The predicted octanol–water partition coefficient (Wildman–Crippen LogP) is 2.22. The van der Waals surface area contributed by atoms with Crippen LogP contribution in [0.2, 0.25) is 0 Å². The normalized spacial score (nSPS) is 17.2. The minimum atomic E-state index is 0.737. The molecule has 0 spiro atoms. The lowest BCUT2D eigenvalue weighted by atomic mass is 10.3. The smallest absolute Gasteiger partial charge is 0.118 e. The molecule has 12 heavy (non-hydrogen) atoms. The molecule has 2 heteroatoms. The fourth-order valence-corrected chi connectivity index (χ4v) is 1.38. The summed E-state index contributed by atoms with van der Waals surface area (Å²) in [4.78, 5) is 2.12. The van der Waals surface area contributed by atoms with Crippen LogP contribution < -0.4 is 0 Å². The van der Waals surface area contributed by atoms with Crippen LogP contribution in [0.4, 0.5) is 0 Å². The fourth-order valence-electron chi connectivity index (χ4n) is 1.38. The molecule has 1 heterocycles. The van der Waals surface area contributed by atoms with Crippen LogP contribution >= 0.6 is 0 Å². The van der Waals surface area contributed by atoms with Gasteiger partial charge in [-0.3, -0.25) is 0 Å². The van der Waals surface area contributed by atoms with Crippen molar-refractivity contribution in [1.82, 2.24) is 4.90 Å². The largest absolute Gasteiger partial charge is 0.464 e. The Morgan fingerprint density at radius 1 is 1.42 bits per heavy atom. The molecule has 2 nitrogen and oxygen atoms in total. The van der Waals surface area contributed by atoms with Crippen molar-refractivity contribution in [2.24, 2.45) is 0 Å². The first-order valence-corrected chi connectivity index (χ1v) is 4.49. The second kappa shape index (κ2) is 2.94. The summed E-state index contributed by atoms with van der Waals surface area (Å²) in [5.74, 6) is 3.01. The molecule has 66 valence electrons. The molecule has 0 saturated heterocycles. The fraction of sp³-hybridized carbons (Fsp3) is 0.600. The third-order valence-electron chi connectivity index (χ3n) is 2.13. The number of hydrogen-bond donors (Lipinski definition) is 0. The summed E-state index contributed by atoms with van der Waals surface area (Å²) in [6.45, 7) is 0.909. The summed E-state index contributed by atoms with van der Waals surface area (Å²) in [5.41, 5.74) is 0. The maximum atomic E-state index is 5.68. The summed E-state index contributed by atoms with van der Waals surface area (Å²) >= 11 is 0. The van der Waals surface area contributed by atoms with Gasteiger partial charge in [0.15, 0.2) is 0 Å². The van der Waals surface area contributed by atoms with Gasteiger partial charge in [-0.05, 0) is 39.1 Å². The predicted molar refractivity (Wildman–Crippen MR) is 48.1 cm³/mol. The Labute approximate surface area is 73.2 Å². The van der Waals surface area contributed by atoms with E-state index in [-0.39, 0.29) is 0 Å². The molecule has 0 radical (unpaired) electrons. The average molecular weight is 165 g/mol. The molecule has 1 aliphatic carbocycles. The molecule has 1 aromatic heterocycles. The van der Waals surface area contributed by atoms with Crippen LogP contribution in [-0.2, 0) is 6.54 Å². The Hall–Kier alpha value is -0.760. The molecular formula is C10H15NO. The molecule has 0 unspecified atom stereocenters. The molecular weight excluding hydrogens is 150 g/mol. The number of hydrogen-bond acceptors (Lipinski definition) is 2. The molecule has 0 aromatic carbocycles. The second-order valence-electron chi connectivity index (χ2n) is 3.82. The van der Waals surface area contributed by atoms with E-state index in [2.05, 4.69) is 31.1 Å². The maximum absolute atomic E-state index is 5.68. The van der Waals surface area contributed by atoms with E-state index in [0.717, 1.165) is 18.2 Å². The Morgan fingerprint density at radius 2 is 2.17 bits per heavy atom. The van der Waals surface area contributed by atoms with E-state index in [1.54, 1.807) is 0 Å². The highest BCUT2D eigenvalue weighted by Gasteiger charge is 2.26. The lowest BCUT2D eigenvalue weighted by Gasteiger charge is -2.05. The van der Waals surface area contributed by atoms with Crippen LogP contribution in [0.25, 0.3) is 0 Å². The molecule has 0 N–H and O–H groups in total. The summed E-state index contributed by atoms with van der Waals surface area (Å²) in [5, 5.41) is 0. The van der Waals surface area contributed by atoms with E-state index >= 15 is 0 Å². The Bertz CT molecular complexity index is 261. The standard InChI is InChI=1S/C10H15NO/c1-11(2)7-9-5-6-10(12-9)8-3-4-8/h5-6,8H,3-4,7H2,1-2H3. The SMILES string of the molecule is CN(C)Cc1ccc(C2CC2)o1. The first kappa shape index (κ1) is 7.87. The highest BCUT2D eigenvalue weighted by Crippen LogP contribution is 2.40. The Kier molecular flexibility index (Phi) is 1.93. The first-order chi connectivity index (χ1) is 5.75. The Balaban J connectivity index is 2.03. The van der Waals surface area contributed by atoms with Crippen molar-refractivity contribution in [2.45, 2.75) is 25.3 Å². The number of nitrogens with zero attached hydrogens (tertiary/aromatic N) is 1. The molecule has 0 atom stereocenters. The van der Waals surface area contributed by atoms with Crippen molar-refractivity contribution in [2.75, 3.05) is 14.1 Å². The number of rotatable bonds is 3. The monoisotopic (exact) mass is 165 g/mol. The van der Waals surface area contributed by atoms with Crippen LogP contribution in [0.1, 0.15) is 30.3 Å². The van der Waals surface area contributed by atoms with E-state index in [9.17, 15) is 0 Å². The van der Waals surface area contributed by atoms with Gasteiger partial charge in [0, 0.05) is 5.92 Å². The zero-order valence-corrected chi connectivity index (χ0v) is 7.71. The maximum Gasteiger partial charge on any atom is 0.118 e. The van der Waals surface area contributed by atoms with Gasteiger partial charge in [-0.2, -0.15) is 0 Å². The van der Waals surface area contributed by atoms with E-state index in [0.29, 0.717) is 0 Å². The minimum absolute atomic E-state index is 0.737. The van der Waals surface area contributed by atoms with Crippen LogP contribution in [-0.4, -0.2) is 19.0 Å². The number of furan rings is 1. The van der Waals surface area contributed by atoms with Gasteiger partial charge in [-0.1, -0.05) is 0 Å². The van der Waals surface area contributed by atoms with E-state index in [1.165, 1.54) is 18.6 Å². The van der Waals surface area contributed by atoms with Crippen molar-refractivity contribution in [3.63, 3.8) is 0 Å². The Morgan fingerprint density at radius 3 is 2.75 bits per heavy atom. The molecule has 2 rings (SSSR count). The molecule has 1 aliphatic rings. The van der Waals surface area contributed by atoms with Crippen molar-refractivity contribution in [1.29, 1.82) is 0 Å². The van der Waals surface area contributed by atoms with Crippen LogP contribution in [0.15, 0.2) is 16.5 Å². The van der Waals surface area contributed by atoms with Gasteiger partial charge in [-0.15, -0.1) is 0 Å². The lowest BCUT2D eigenvalue weighted by molar-refractivity contribution is 0.342. The van der Waals surface area contributed by atoms with Gasteiger partial charge in [0.05, 0.1) is 6.54 Å². The molecule has 0 amide bonds. The summed E-state index contributed by atoms with van der Waals surface area (Å²) in [7, 11) is 4.11. The van der Waals surface area contributed by atoms with Crippen molar-refractivity contribution < 1.29 is 4.42 Å². The van der Waals surface area contributed by atoms with Gasteiger partial charge >= 0.3 is 0 Å². The molecule has 1 saturated carbocycles. The third kappa shape index (κ3) is 1.69. The summed E-state index contributed by atoms with van der Waals surface area (Å²) in [6, 6.07) is 4.21. The van der Waals surface area contributed by atoms with Crippen LogP contribution in [0.3, 0.4) is 0 Å². The second-order valence-corrected chi connectivity index (χ2v) is 3.82. The highest BCUT2D eigenvalue weighted by molar-refractivity contribution is 5.15. The van der Waals surface area contributed by atoms with Gasteiger partial charge in [-0.25, -0.2) is 0 Å². The molecule has 1 fully saturated rings. The quantitative estimate of drug-likeness (QED) is 0.682. The van der Waals surface area contributed by atoms with Crippen LogP contribution in [0, 0.1) is 0 Å². The zero-order valence-electron chi connectivity index (χ0n) is 7.71. The van der Waals surface area contributed by atoms with Gasteiger partial charge in [0.25, 0.3) is 0 Å². The summed E-state index contributed by atoms with van der Waals surface area (Å²) < 4.78 is 5.68. The van der Waals surface area contributed by atoms with Gasteiger partial charge in [0.2, 0.25) is 0 Å². The van der Waals surface area contributed by atoms with E-state index in [4.69, 9.17) is 4.42 Å². The first-order valence-electron chi connectivity index (χ1n) is 4.49. The van der Waals surface area contributed by atoms with Crippen molar-refractivity contribution in [3.8, 4) is 0 Å². The lowest BCUT2D eigenvalue weighted by Crippen LogP contribution is -2.09. The van der Waals surface area contributed by atoms with Gasteiger partial charge < -0.3 is 9.32 Å². The van der Waals surface area contributed by atoms with Crippen LogP contribution in [0.5, 0.6) is 0 Å². The van der Waals surface area contributed by atoms with E-state index < -0.39 is 0 Å².